The van der Waals surface area contributed by atoms with Gasteiger partial charge in [0.2, 0.25) is 0 Å². The van der Waals surface area contributed by atoms with Crippen LogP contribution in [0.15, 0.2) is 35.2 Å². The van der Waals surface area contributed by atoms with Crippen molar-refractivity contribution < 1.29 is 49.7 Å². The zero-order valence-electron chi connectivity index (χ0n) is 16.2. The van der Waals surface area contributed by atoms with E-state index < -0.39 is 38.5 Å². The number of hydrogen-bond donors (Lipinski definition) is 0. The van der Waals surface area contributed by atoms with E-state index in [9.17, 15) is 36.0 Å². The van der Waals surface area contributed by atoms with Crippen molar-refractivity contribution in [3.63, 3.8) is 0 Å². The van der Waals surface area contributed by atoms with Crippen LogP contribution >= 0.6 is 11.8 Å². The molecular formula is C18H14F3NO8S2. The third-order valence-corrected chi connectivity index (χ3v) is 6.17. The van der Waals surface area contributed by atoms with Gasteiger partial charge in [0.1, 0.15) is 6.61 Å². The molecule has 1 heterocycles. The summed E-state index contributed by atoms with van der Waals surface area (Å²) in [7, 11) is -5.01. The number of imide groups is 1. The molecule has 0 fully saturated rings. The summed E-state index contributed by atoms with van der Waals surface area (Å²) < 4.78 is 74.0. The first kappa shape index (κ1) is 24.0. The topological polar surface area (TPSA) is 116 Å². The lowest BCUT2D eigenvalue weighted by Crippen LogP contribution is -2.44. The molecular weight excluding hydrogens is 479 g/mol. The maximum atomic E-state index is 12.7. The van der Waals surface area contributed by atoms with Crippen LogP contribution < -0.4 is 0 Å². The van der Waals surface area contributed by atoms with Crippen molar-refractivity contribution in [3.8, 4) is 0 Å². The fraction of sp³-hybridized carbons (Fsp3) is 0.278. The molecule has 9 nitrogen and oxygen atoms in total. The number of esters is 1. The second-order valence-electron chi connectivity index (χ2n) is 6.20. The minimum atomic E-state index is -6.24. The number of hydrogen-bond acceptors (Lipinski definition) is 9. The lowest BCUT2D eigenvalue weighted by atomic mass is 9.95. The summed E-state index contributed by atoms with van der Waals surface area (Å²) in [6, 6.07) is 7.03. The van der Waals surface area contributed by atoms with Crippen molar-refractivity contribution >= 4 is 50.4 Å². The normalized spacial score (nSPS) is 14.2. The second kappa shape index (κ2) is 9.05. The molecule has 2 aromatic carbocycles. The van der Waals surface area contributed by atoms with Gasteiger partial charge < -0.3 is 9.47 Å². The van der Waals surface area contributed by atoms with Crippen molar-refractivity contribution in [2.75, 3.05) is 26.1 Å². The highest BCUT2D eigenvalue weighted by Crippen LogP contribution is 2.37. The Morgan fingerprint density at radius 2 is 1.75 bits per heavy atom. The molecule has 0 N–H and O–H groups in total. The van der Waals surface area contributed by atoms with Crippen LogP contribution in [0.2, 0.25) is 0 Å². The molecule has 0 aliphatic carbocycles. The molecule has 0 aromatic heterocycles. The van der Waals surface area contributed by atoms with Gasteiger partial charge in [-0.3, -0.25) is 9.59 Å². The first-order valence-corrected chi connectivity index (χ1v) is 11.1. The predicted molar refractivity (Wildman–Crippen MR) is 104 cm³/mol. The Kier molecular flexibility index (Phi) is 6.78. The van der Waals surface area contributed by atoms with Crippen LogP contribution in [-0.4, -0.2) is 62.8 Å². The van der Waals surface area contributed by atoms with Crippen LogP contribution in [0.25, 0.3) is 10.8 Å². The highest BCUT2D eigenvalue weighted by molar-refractivity contribution is 7.99. The molecule has 0 radical (unpaired) electrons. The maximum Gasteiger partial charge on any atom is 0.525 e. The number of amides is 2. The number of halogens is 3. The molecule has 2 amide bonds. The van der Waals surface area contributed by atoms with Crippen LogP contribution in [0.4, 0.5) is 13.2 Å². The largest absolute Gasteiger partial charge is 0.525 e. The van der Waals surface area contributed by atoms with Gasteiger partial charge in [0.15, 0.2) is 0 Å². The smallest absolute Gasteiger partial charge is 0.467 e. The van der Waals surface area contributed by atoms with Crippen molar-refractivity contribution in [1.82, 2.24) is 5.06 Å². The molecule has 1 aliphatic rings. The van der Waals surface area contributed by atoms with E-state index in [0.717, 1.165) is 0 Å². The number of hydroxylamine groups is 2. The third kappa shape index (κ3) is 4.57. The van der Waals surface area contributed by atoms with Gasteiger partial charge in [-0.2, -0.15) is 21.6 Å². The fourth-order valence-electron chi connectivity index (χ4n) is 2.81. The maximum absolute atomic E-state index is 12.7. The first-order chi connectivity index (χ1) is 15.0. The summed E-state index contributed by atoms with van der Waals surface area (Å²) in [6.45, 7) is -0.0297. The molecule has 0 saturated heterocycles. The quantitative estimate of drug-likeness (QED) is 0.180. The molecule has 0 bridgehead atoms. The molecule has 3 rings (SSSR count). The van der Waals surface area contributed by atoms with E-state index in [4.69, 9.17) is 4.74 Å². The SMILES string of the molecule is COC(=O)COCCSc1ccc2c3c(cccc13)C(=O)N(OS(=O)(=O)C(F)(F)F)C2=O. The Balaban J connectivity index is 1.88. The number of alkyl halides is 3. The van der Waals surface area contributed by atoms with E-state index in [2.05, 4.69) is 9.02 Å². The molecule has 172 valence electrons. The predicted octanol–water partition coefficient (Wildman–Crippen LogP) is 2.50. The van der Waals surface area contributed by atoms with Crippen LogP contribution in [0.3, 0.4) is 0 Å². The molecule has 0 unspecified atom stereocenters. The summed E-state index contributed by atoms with van der Waals surface area (Å²) in [5, 5.41) is 0.207. The van der Waals surface area contributed by atoms with Gasteiger partial charge in [-0.25, -0.2) is 4.79 Å². The summed E-state index contributed by atoms with van der Waals surface area (Å²) in [6.07, 6.45) is 0. The molecule has 14 heteroatoms. The number of ether oxygens (including phenoxy) is 2. The van der Waals surface area contributed by atoms with E-state index in [-0.39, 0.29) is 29.7 Å². The molecule has 0 spiro atoms. The van der Waals surface area contributed by atoms with Crippen LogP contribution in [-0.2, 0) is 28.7 Å². The standard InChI is InChI=1S/C18H14F3NO8S2/c1-28-14(23)9-29-7-8-31-13-6-5-12-15-10(13)3-2-4-11(15)16(24)22(17(12)25)30-32(26,27)18(19,20)21/h2-6H,7-9H2,1H3. The zero-order chi connectivity index (χ0) is 23.7. The van der Waals surface area contributed by atoms with Crippen molar-refractivity contribution in [2.45, 2.75) is 10.4 Å². The van der Waals surface area contributed by atoms with Gasteiger partial charge in [-0.1, -0.05) is 12.1 Å². The average Bonchev–Trinajstić information content (AvgIpc) is 2.74. The minimum absolute atomic E-state index is 0.159. The number of carbonyl (C=O) groups excluding carboxylic acids is 3. The highest BCUT2D eigenvalue weighted by atomic mass is 32.2. The Bertz CT molecular complexity index is 1170. The number of methoxy groups -OCH3 is 1. The first-order valence-electron chi connectivity index (χ1n) is 8.70. The van der Waals surface area contributed by atoms with Gasteiger partial charge in [0.05, 0.1) is 24.8 Å². The van der Waals surface area contributed by atoms with E-state index in [1.54, 1.807) is 6.07 Å². The molecule has 1 aliphatic heterocycles. The number of nitrogens with zero attached hydrogens (tertiary/aromatic N) is 1. The van der Waals surface area contributed by atoms with Gasteiger partial charge >= 0.3 is 21.6 Å². The summed E-state index contributed by atoms with van der Waals surface area (Å²) >= 11 is 1.29. The van der Waals surface area contributed by atoms with Gasteiger partial charge in [-0.05, 0) is 23.6 Å². The Morgan fingerprint density at radius 1 is 1.09 bits per heavy atom. The van der Waals surface area contributed by atoms with Crippen LogP contribution in [0.5, 0.6) is 0 Å². The van der Waals surface area contributed by atoms with E-state index in [0.29, 0.717) is 16.0 Å². The van der Waals surface area contributed by atoms with Crippen molar-refractivity contribution in [1.29, 1.82) is 0 Å². The van der Waals surface area contributed by atoms with Gasteiger partial charge in [0, 0.05) is 16.0 Å². The number of benzene rings is 2. The van der Waals surface area contributed by atoms with Crippen LogP contribution in [0, 0.1) is 0 Å². The summed E-state index contributed by atoms with van der Waals surface area (Å²) in [4.78, 5) is 36.9. The summed E-state index contributed by atoms with van der Waals surface area (Å²) in [5.74, 6) is -2.82. The summed E-state index contributed by atoms with van der Waals surface area (Å²) in [5.41, 5.74) is -6.21. The minimum Gasteiger partial charge on any atom is -0.467 e. The fourth-order valence-corrected chi connectivity index (χ4v) is 4.13. The van der Waals surface area contributed by atoms with Gasteiger partial charge in [-0.15, -0.1) is 21.1 Å². The highest BCUT2D eigenvalue weighted by Gasteiger charge is 2.51. The van der Waals surface area contributed by atoms with E-state index >= 15 is 0 Å². The second-order valence-corrected chi connectivity index (χ2v) is 8.85. The molecule has 0 saturated carbocycles. The molecule has 32 heavy (non-hydrogen) atoms. The van der Waals surface area contributed by atoms with Crippen LogP contribution in [0.1, 0.15) is 20.7 Å². The number of thioether (sulfide) groups is 1. The zero-order valence-corrected chi connectivity index (χ0v) is 17.8. The Morgan fingerprint density at radius 3 is 2.38 bits per heavy atom. The van der Waals surface area contributed by atoms with Crippen molar-refractivity contribution in [3.05, 3.63) is 41.5 Å². The third-order valence-electron chi connectivity index (χ3n) is 4.22. The monoisotopic (exact) mass is 493 g/mol. The Labute approximate surface area is 183 Å². The molecule has 2 aromatic rings. The lowest BCUT2D eigenvalue weighted by Gasteiger charge is -2.26. The number of rotatable bonds is 8. The van der Waals surface area contributed by atoms with E-state index in [1.807, 2.05) is 0 Å². The van der Waals surface area contributed by atoms with Crippen molar-refractivity contribution in [2.24, 2.45) is 0 Å². The average molecular weight is 493 g/mol. The Hall–Kier alpha value is -2.68. The van der Waals surface area contributed by atoms with Gasteiger partial charge in [0.25, 0.3) is 11.8 Å². The molecule has 0 atom stereocenters. The van der Waals surface area contributed by atoms with E-state index in [1.165, 1.54) is 43.1 Å². The lowest BCUT2D eigenvalue weighted by molar-refractivity contribution is -0.145. The number of carbonyl (C=O) groups is 3.